The Morgan fingerprint density at radius 1 is 1.06 bits per heavy atom. The second kappa shape index (κ2) is 5.82. The minimum absolute atomic E-state index is 0.526. The minimum Gasteiger partial charge on any atom is -0.394 e. The van der Waals surface area contributed by atoms with E-state index in [1.807, 2.05) is 0 Å². The second-order valence-electron chi connectivity index (χ2n) is 5.15. The van der Waals surface area contributed by atoms with Crippen LogP contribution in [-0.2, 0) is 13.6 Å². The van der Waals surface area contributed by atoms with E-state index in [1.54, 1.807) is 0 Å². The van der Waals surface area contributed by atoms with Gasteiger partial charge in [-0.1, -0.05) is 13.3 Å². The number of epoxide rings is 1. The van der Waals surface area contributed by atoms with E-state index in [1.165, 1.54) is 19.3 Å². The molecule has 0 N–H and O–H groups in total. The van der Waals surface area contributed by atoms with Crippen molar-refractivity contribution >= 4 is 8.56 Å². The molecule has 0 spiro atoms. The molecule has 0 radical (unpaired) electrons. The maximum atomic E-state index is 6.18. The molecular weight excluding hydrogens is 232 g/mol. The molecule has 4 heteroatoms. The molecule has 2 aliphatic rings. The third kappa shape index (κ3) is 2.92. The summed E-state index contributed by atoms with van der Waals surface area (Å²) in [4.78, 5) is 0. The average molecular weight is 258 g/mol. The smallest absolute Gasteiger partial charge is 0.341 e. The fourth-order valence-electron chi connectivity index (χ4n) is 3.27. The third-order valence-corrected chi connectivity index (χ3v) is 8.52. The lowest BCUT2D eigenvalue weighted by molar-refractivity contribution is 0.165. The van der Waals surface area contributed by atoms with Crippen LogP contribution in [0, 0.1) is 0 Å². The second-order valence-corrected chi connectivity index (χ2v) is 8.67. The van der Waals surface area contributed by atoms with Gasteiger partial charge >= 0.3 is 8.56 Å². The first-order chi connectivity index (χ1) is 8.25. The van der Waals surface area contributed by atoms with E-state index in [4.69, 9.17) is 13.6 Å². The molecule has 2 rings (SSSR count). The molecule has 1 aliphatic heterocycles. The SMILES string of the molecule is CCC[Si](OCC)(OCC)C1CCC2OC2C1. The van der Waals surface area contributed by atoms with Crippen molar-refractivity contribution < 1.29 is 13.6 Å². The van der Waals surface area contributed by atoms with Crippen LogP contribution in [0.3, 0.4) is 0 Å². The number of hydrogen-bond acceptors (Lipinski definition) is 3. The largest absolute Gasteiger partial charge is 0.394 e. The molecular formula is C13H26O3Si. The topological polar surface area (TPSA) is 31.0 Å². The van der Waals surface area contributed by atoms with Gasteiger partial charge in [0, 0.05) is 18.8 Å². The lowest BCUT2D eigenvalue weighted by Crippen LogP contribution is -2.48. The van der Waals surface area contributed by atoms with E-state index in [9.17, 15) is 0 Å². The predicted octanol–water partition coefficient (Wildman–Crippen LogP) is 3.23. The molecule has 1 aliphatic carbocycles. The number of ether oxygens (including phenoxy) is 1. The van der Waals surface area contributed by atoms with Crippen molar-refractivity contribution in [2.75, 3.05) is 13.2 Å². The van der Waals surface area contributed by atoms with E-state index in [2.05, 4.69) is 20.8 Å². The van der Waals surface area contributed by atoms with Crippen LogP contribution in [0.15, 0.2) is 0 Å². The van der Waals surface area contributed by atoms with Crippen molar-refractivity contribution in [2.24, 2.45) is 0 Å². The molecule has 3 nitrogen and oxygen atoms in total. The summed E-state index contributed by atoms with van der Waals surface area (Å²) in [5, 5.41) is 0. The van der Waals surface area contributed by atoms with E-state index in [0.717, 1.165) is 25.7 Å². The molecule has 1 saturated carbocycles. The van der Waals surface area contributed by atoms with Crippen molar-refractivity contribution in [1.82, 2.24) is 0 Å². The van der Waals surface area contributed by atoms with Gasteiger partial charge in [-0.15, -0.1) is 0 Å². The molecule has 3 unspecified atom stereocenters. The van der Waals surface area contributed by atoms with Crippen molar-refractivity contribution in [3.05, 3.63) is 0 Å². The predicted molar refractivity (Wildman–Crippen MR) is 70.4 cm³/mol. The van der Waals surface area contributed by atoms with Crippen LogP contribution in [0.1, 0.15) is 46.5 Å². The Kier molecular flexibility index (Phi) is 4.63. The van der Waals surface area contributed by atoms with E-state index >= 15 is 0 Å². The quantitative estimate of drug-likeness (QED) is 0.519. The van der Waals surface area contributed by atoms with Crippen molar-refractivity contribution in [1.29, 1.82) is 0 Å². The fourth-order valence-corrected chi connectivity index (χ4v) is 7.39. The van der Waals surface area contributed by atoms with Crippen LogP contribution in [0.5, 0.6) is 0 Å². The van der Waals surface area contributed by atoms with Gasteiger partial charge in [0.05, 0.1) is 12.2 Å². The molecule has 0 aromatic carbocycles. The third-order valence-electron chi connectivity index (χ3n) is 4.00. The minimum atomic E-state index is -1.99. The van der Waals surface area contributed by atoms with Crippen LogP contribution in [0.25, 0.3) is 0 Å². The lowest BCUT2D eigenvalue weighted by Gasteiger charge is -2.38. The molecule has 2 fully saturated rings. The van der Waals surface area contributed by atoms with Gasteiger partial charge in [0.15, 0.2) is 0 Å². The number of hydrogen-bond donors (Lipinski definition) is 0. The number of fused-ring (bicyclic) bond motifs is 1. The first kappa shape index (κ1) is 13.5. The van der Waals surface area contributed by atoms with E-state index in [-0.39, 0.29) is 0 Å². The van der Waals surface area contributed by atoms with Gasteiger partial charge in [0.1, 0.15) is 0 Å². The summed E-state index contributed by atoms with van der Waals surface area (Å²) in [6.07, 6.45) is 5.90. The Labute approximate surface area is 106 Å². The summed E-state index contributed by atoms with van der Waals surface area (Å²) in [6.45, 7) is 8.00. The maximum Gasteiger partial charge on any atom is 0.341 e. The van der Waals surface area contributed by atoms with Crippen LogP contribution in [0.2, 0.25) is 11.6 Å². The number of rotatable bonds is 7. The molecule has 1 saturated heterocycles. The van der Waals surface area contributed by atoms with Crippen molar-refractivity contribution in [3.8, 4) is 0 Å². The Hall–Kier alpha value is 0.0969. The van der Waals surface area contributed by atoms with Gasteiger partial charge in [0.2, 0.25) is 0 Å². The van der Waals surface area contributed by atoms with Crippen molar-refractivity contribution in [2.45, 2.75) is 70.2 Å². The summed E-state index contributed by atoms with van der Waals surface area (Å²) in [5.74, 6) is 0. The van der Waals surface area contributed by atoms with Gasteiger partial charge in [-0.25, -0.2) is 0 Å². The highest BCUT2D eigenvalue weighted by Gasteiger charge is 2.53. The maximum absolute atomic E-state index is 6.18. The molecule has 17 heavy (non-hydrogen) atoms. The zero-order valence-corrected chi connectivity index (χ0v) is 12.4. The van der Waals surface area contributed by atoms with Crippen LogP contribution in [-0.4, -0.2) is 34.0 Å². The highest BCUT2D eigenvalue weighted by molar-refractivity contribution is 6.69. The van der Waals surface area contributed by atoms with E-state index < -0.39 is 8.56 Å². The van der Waals surface area contributed by atoms with Gasteiger partial charge in [0.25, 0.3) is 0 Å². The average Bonchev–Trinajstić information content (AvgIpc) is 3.07. The zero-order valence-electron chi connectivity index (χ0n) is 11.4. The van der Waals surface area contributed by atoms with E-state index in [0.29, 0.717) is 17.7 Å². The summed E-state index contributed by atoms with van der Waals surface area (Å²) < 4.78 is 18.0. The Bertz CT molecular complexity index is 230. The standard InChI is InChI=1S/C13H26O3Si/c1-4-9-17(14-5-2,15-6-3)11-7-8-12-13(10-11)16-12/h11-13H,4-10H2,1-3H3. The van der Waals surface area contributed by atoms with Gasteiger partial charge in [-0.2, -0.15) is 0 Å². The monoisotopic (exact) mass is 258 g/mol. The summed E-state index contributed by atoms with van der Waals surface area (Å²) in [5.41, 5.74) is 0.645. The molecule has 0 bridgehead atoms. The molecule has 0 aromatic heterocycles. The molecule has 3 atom stereocenters. The Morgan fingerprint density at radius 2 is 1.76 bits per heavy atom. The van der Waals surface area contributed by atoms with Gasteiger partial charge < -0.3 is 13.6 Å². The van der Waals surface area contributed by atoms with Crippen LogP contribution in [0.4, 0.5) is 0 Å². The summed E-state index contributed by atoms with van der Waals surface area (Å²) in [6, 6.07) is 1.14. The summed E-state index contributed by atoms with van der Waals surface area (Å²) >= 11 is 0. The molecule has 0 amide bonds. The molecule has 100 valence electrons. The van der Waals surface area contributed by atoms with Crippen LogP contribution >= 0.6 is 0 Å². The Morgan fingerprint density at radius 3 is 2.29 bits per heavy atom. The van der Waals surface area contributed by atoms with Gasteiger partial charge in [-0.3, -0.25) is 0 Å². The molecule has 0 aromatic rings. The first-order valence-electron chi connectivity index (χ1n) is 7.19. The highest BCUT2D eigenvalue weighted by atomic mass is 28.4. The van der Waals surface area contributed by atoms with Crippen LogP contribution < -0.4 is 0 Å². The van der Waals surface area contributed by atoms with Crippen molar-refractivity contribution in [3.63, 3.8) is 0 Å². The summed E-state index contributed by atoms with van der Waals surface area (Å²) in [7, 11) is -1.99. The fraction of sp³-hybridized carbons (Fsp3) is 1.00. The molecule has 1 heterocycles. The lowest BCUT2D eigenvalue weighted by atomic mass is 10.0. The Balaban J connectivity index is 2.04. The zero-order chi connectivity index (χ0) is 12.3. The highest BCUT2D eigenvalue weighted by Crippen LogP contribution is 2.48. The van der Waals surface area contributed by atoms with Gasteiger partial charge in [-0.05, 0) is 39.2 Å². The normalized spacial score (nSPS) is 32.3. The first-order valence-corrected chi connectivity index (χ1v) is 9.29.